The second kappa shape index (κ2) is 6.91. The minimum Gasteiger partial charge on any atom is -0.457 e. The smallest absolute Gasteiger partial charge is 0.457 e. The fourth-order valence-electron chi connectivity index (χ4n) is 1.18. The van der Waals surface area contributed by atoms with Gasteiger partial charge in [0.05, 0.1) is 0 Å². The Morgan fingerprint density at radius 3 is 2.35 bits per heavy atom. The first-order chi connectivity index (χ1) is 7.67. The molecule has 2 N–H and O–H groups in total. The van der Waals surface area contributed by atoms with Crippen LogP contribution in [0, 0.1) is 0 Å². The van der Waals surface area contributed by atoms with Crippen LogP contribution in [0.1, 0.15) is 33.6 Å². The molecule has 0 aromatic rings. The summed E-state index contributed by atoms with van der Waals surface area (Å²) in [6, 6.07) is 0. The van der Waals surface area contributed by atoms with Gasteiger partial charge < -0.3 is 14.5 Å². The van der Waals surface area contributed by atoms with Crippen molar-refractivity contribution in [1.82, 2.24) is 0 Å². The molecule has 6 nitrogen and oxygen atoms in total. The van der Waals surface area contributed by atoms with Crippen molar-refractivity contribution in [2.75, 3.05) is 0 Å². The Bertz CT molecular complexity index is 321. The summed E-state index contributed by atoms with van der Waals surface area (Å²) in [7, 11) is -4.59. The number of ether oxygens (including phenoxy) is 1. The molecule has 0 amide bonds. The summed E-state index contributed by atoms with van der Waals surface area (Å²) in [6.45, 7) is 8.27. The van der Waals surface area contributed by atoms with Crippen LogP contribution in [0.5, 0.6) is 0 Å². The normalized spacial score (nSPS) is 15.1. The van der Waals surface area contributed by atoms with Gasteiger partial charge in [-0.05, 0) is 20.3 Å². The van der Waals surface area contributed by atoms with Gasteiger partial charge in [-0.3, -0.25) is 4.52 Å². The van der Waals surface area contributed by atoms with Crippen LogP contribution in [0.2, 0.25) is 0 Å². The molecular weight excluding hydrogens is 247 g/mol. The molecule has 0 fully saturated rings. The standard InChI is InChI=1S/C10H19O6P/c1-5-6-9(16-17(12,13)14)8(4)15-10(11)7(2)3/h8-9H,2,5-6H2,1,3-4H3,(H2,12,13,14). The summed E-state index contributed by atoms with van der Waals surface area (Å²) in [4.78, 5) is 28.7. The van der Waals surface area contributed by atoms with E-state index in [-0.39, 0.29) is 5.57 Å². The molecule has 0 aliphatic carbocycles. The summed E-state index contributed by atoms with van der Waals surface area (Å²) < 4.78 is 20.3. The Balaban J connectivity index is 4.54. The molecule has 2 atom stereocenters. The number of phosphoric acid groups is 1. The number of esters is 1. The van der Waals surface area contributed by atoms with Gasteiger partial charge in [-0.2, -0.15) is 0 Å². The topological polar surface area (TPSA) is 93.1 Å². The molecule has 0 saturated heterocycles. The maximum absolute atomic E-state index is 11.3. The monoisotopic (exact) mass is 266 g/mol. The van der Waals surface area contributed by atoms with Gasteiger partial charge in [-0.25, -0.2) is 9.36 Å². The molecule has 0 spiro atoms. The van der Waals surface area contributed by atoms with Crippen molar-refractivity contribution in [2.45, 2.75) is 45.8 Å². The van der Waals surface area contributed by atoms with Gasteiger partial charge >= 0.3 is 13.8 Å². The molecule has 0 aromatic carbocycles. The van der Waals surface area contributed by atoms with Crippen LogP contribution in [0.3, 0.4) is 0 Å². The molecule has 0 aromatic heterocycles. The Morgan fingerprint density at radius 1 is 1.47 bits per heavy atom. The zero-order valence-electron chi connectivity index (χ0n) is 10.3. The zero-order valence-corrected chi connectivity index (χ0v) is 11.1. The minimum absolute atomic E-state index is 0.225. The number of carbonyl (C=O) groups excluding carboxylic acids is 1. The fraction of sp³-hybridized carbons (Fsp3) is 0.700. The van der Waals surface area contributed by atoms with E-state index in [2.05, 4.69) is 11.1 Å². The van der Waals surface area contributed by atoms with Crippen molar-refractivity contribution in [3.63, 3.8) is 0 Å². The van der Waals surface area contributed by atoms with Gasteiger partial charge in [0.1, 0.15) is 12.2 Å². The van der Waals surface area contributed by atoms with Crippen LogP contribution < -0.4 is 0 Å². The van der Waals surface area contributed by atoms with E-state index < -0.39 is 26.0 Å². The number of hydrogen-bond acceptors (Lipinski definition) is 4. The van der Waals surface area contributed by atoms with Crippen molar-refractivity contribution in [3.8, 4) is 0 Å². The van der Waals surface area contributed by atoms with Gasteiger partial charge in [0, 0.05) is 5.57 Å². The van der Waals surface area contributed by atoms with Crippen molar-refractivity contribution >= 4 is 13.8 Å². The lowest BCUT2D eigenvalue weighted by atomic mass is 10.1. The van der Waals surface area contributed by atoms with Crippen LogP contribution >= 0.6 is 7.82 Å². The Hall–Kier alpha value is -0.680. The Labute approximate surface area is 101 Å². The second-order valence-electron chi connectivity index (χ2n) is 3.81. The summed E-state index contributed by atoms with van der Waals surface area (Å²) in [5.41, 5.74) is 0.225. The number of phosphoric ester groups is 1. The van der Waals surface area contributed by atoms with Crippen LogP contribution in [0.25, 0.3) is 0 Å². The molecule has 0 saturated carbocycles. The number of carbonyl (C=O) groups is 1. The molecule has 0 rings (SSSR count). The van der Waals surface area contributed by atoms with Crippen LogP contribution in [-0.2, 0) is 18.6 Å². The molecular formula is C10H19O6P. The van der Waals surface area contributed by atoms with Gasteiger partial charge in [0.2, 0.25) is 0 Å². The Kier molecular flexibility index (Phi) is 6.64. The van der Waals surface area contributed by atoms with Crippen molar-refractivity contribution in [3.05, 3.63) is 12.2 Å². The van der Waals surface area contributed by atoms with Crippen molar-refractivity contribution in [2.24, 2.45) is 0 Å². The first kappa shape index (κ1) is 16.3. The number of rotatable bonds is 7. The van der Waals surface area contributed by atoms with Crippen LogP contribution in [0.15, 0.2) is 12.2 Å². The van der Waals surface area contributed by atoms with Crippen LogP contribution in [0.4, 0.5) is 0 Å². The first-order valence-corrected chi connectivity index (χ1v) is 6.80. The SMILES string of the molecule is C=C(C)C(=O)OC(C)C(CCC)OP(=O)(O)O. The average Bonchev–Trinajstić information content (AvgIpc) is 2.14. The third-order valence-corrected chi connectivity index (χ3v) is 2.56. The van der Waals surface area contributed by atoms with Crippen LogP contribution in [-0.4, -0.2) is 28.0 Å². The molecule has 7 heteroatoms. The highest BCUT2D eigenvalue weighted by Gasteiger charge is 2.28. The molecule has 0 radical (unpaired) electrons. The molecule has 2 unspecified atom stereocenters. The van der Waals surface area contributed by atoms with E-state index in [0.29, 0.717) is 12.8 Å². The highest BCUT2D eigenvalue weighted by molar-refractivity contribution is 7.46. The fourth-order valence-corrected chi connectivity index (χ4v) is 1.81. The second-order valence-corrected chi connectivity index (χ2v) is 5.01. The van der Waals surface area contributed by atoms with E-state index in [1.807, 2.05) is 6.92 Å². The quantitative estimate of drug-likeness (QED) is 0.414. The molecule has 0 bridgehead atoms. The maximum atomic E-state index is 11.3. The molecule has 0 aliphatic rings. The predicted molar refractivity (Wildman–Crippen MR) is 62.2 cm³/mol. The predicted octanol–water partition coefficient (Wildman–Crippen LogP) is 1.77. The van der Waals surface area contributed by atoms with Gasteiger partial charge in [-0.1, -0.05) is 19.9 Å². The molecule has 100 valence electrons. The number of hydrogen-bond donors (Lipinski definition) is 2. The minimum atomic E-state index is -4.59. The third kappa shape index (κ3) is 7.28. The zero-order chi connectivity index (χ0) is 13.6. The highest BCUT2D eigenvalue weighted by atomic mass is 31.2. The maximum Gasteiger partial charge on any atom is 0.469 e. The van der Waals surface area contributed by atoms with Gasteiger partial charge in [0.25, 0.3) is 0 Å². The lowest BCUT2D eigenvalue weighted by Crippen LogP contribution is -2.30. The summed E-state index contributed by atoms with van der Waals surface area (Å²) in [5.74, 6) is -0.604. The van der Waals surface area contributed by atoms with E-state index in [9.17, 15) is 9.36 Å². The summed E-state index contributed by atoms with van der Waals surface area (Å²) >= 11 is 0. The van der Waals surface area contributed by atoms with E-state index >= 15 is 0 Å². The van der Waals surface area contributed by atoms with Crippen molar-refractivity contribution in [1.29, 1.82) is 0 Å². The van der Waals surface area contributed by atoms with E-state index in [1.165, 1.54) is 13.8 Å². The Morgan fingerprint density at radius 2 is 2.00 bits per heavy atom. The lowest BCUT2D eigenvalue weighted by molar-refractivity contribution is -0.148. The summed E-state index contributed by atoms with van der Waals surface area (Å²) in [6.07, 6.45) is -0.536. The lowest BCUT2D eigenvalue weighted by Gasteiger charge is -2.24. The molecule has 17 heavy (non-hydrogen) atoms. The highest BCUT2D eigenvalue weighted by Crippen LogP contribution is 2.39. The third-order valence-electron chi connectivity index (χ3n) is 2.01. The van der Waals surface area contributed by atoms with E-state index in [4.69, 9.17) is 14.5 Å². The largest absolute Gasteiger partial charge is 0.469 e. The molecule has 0 aliphatic heterocycles. The summed E-state index contributed by atoms with van der Waals surface area (Å²) in [5, 5.41) is 0. The average molecular weight is 266 g/mol. The van der Waals surface area contributed by atoms with E-state index in [0.717, 1.165) is 0 Å². The van der Waals surface area contributed by atoms with E-state index in [1.54, 1.807) is 0 Å². The van der Waals surface area contributed by atoms with Gasteiger partial charge in [0.15, 0.2) is 0 Å². The van der Waals surface area contributed by atoms with Crippen molar-refractivity contribution < 1.29 is 28.4 Å². The molecule has 0 heterocycles. The van der Waals surface area contributed by atoms with Gasteiger partial charge in [-0.15, -0.1) is 0 Å². The first-order valence-electron chi connectivity index (χ1n) is 5.27.